The molecule has 5 aliphatic rings. The van der Waals surface area contributed by atoms with Gasteiger partial charge in [0.1, 0.15) is 17.5 Å². The van der Waals surface area contributed by atoms with E-state index in [2.05, 4.69) is 30.9 Å². The number of hydrogen-bond acceptors (Lipinski definition) is 13. The Morgan fingerprint density at radius 3 is 2.44 bits per heavy atom. The zero-order valence-electron chi connectivity index (χ0n) is 36.4. The summed E-state index contributed by atoms with van der Waals surface area (Å²) < 4.78 is 35.1. The number of hydrazine groups is 1. The number of nitrogens with one attached hydrogen (secondary N) is 3. The van der Waals surface area contributed by atoms with Gasteiger partial charge < -0.3 is 34.6 Å². The van der Waals surface area contributed by atoms with Gasteiger partial charge in [0.2, 0.25) is 23.7 Å². The number of halogens is 2. The Morgan fingerprint density at radius 2 is 1.73 bits per heavy atom. The lowest BCUT2D eigenvalue weighted by Crippen LogP contribution is -2.54. The largest absolute Gasteiger partial charge is 0.495 e. The molecule has 2 aromatic carbocycles. The number of piperidine rings is 2. The zero-order chi connectivity index (χ0) is 45.4. The van der Waals surface area contributed by atoms with Crippen LogP contribution in [0.25, 0.3) is 0 Å². The fourth-order valence-electron chi connectivity index (χ4n) is 9.16. The fourth-order valence-corrected chi connectivity index (χ4v) is 9.16. The minimum absolute atomic E-state index is 0.0806. The van der Waals surface area contributed by atoms with E-state index in [0.717, 1.165) is 48.5 Å². The fraction of sp³-hybridized carbons (Fsp3) is 0.500. The molecule has 64 heavy (non-hydrogen) atoms. The third-order valence-corrected chi connectivity index (χ3v) is 12.9. The Kier molecular flexibility index (Phi) is 12.4. The van der Waals surface area contributed by atoms with Gasteiger partial charge in [-0.2, -0.15) is 13.8 Å². The van der Waals surface area contributed by atoms with Crippen molar-refractivity contribution in [2.45, 2.75) is 76.9 Å². The van der Waals surface area contributed by atoms with Crippen molar-refractivity contribution in [3.63, 3.8) is 0 Å². The summed E-state index contributed by atoms with van der Waals surface area (Å²) in [6.07, 6.45) is 4.87. The first-order valence-electron chi connectivity index (χ1n) is 21.7. The van der Waals surface area contributed by atoms with Crippen molar-refractivity contribution in [2.24, 2.45) is 5.92 Å². The maximum absolute atomic E-state index is 14.8. The van der Waals surface area contributed by atoms with E-state index in [9.17, 15) is 37.5 Å². The molecule has 340 valence electrons. The Morgan fingerprint density at radius 1 is 0.984 bits per heavy atom. The number of amides is 6. The number of benzene rings is 2. The van der Waals surface area contributed by atoms with Gasteiger partial charge in [0.15, 0.2) is 5.82 Å². The molecule has 6 heterocycles. The highest BCUT2D eigenvalue weighted by Crippen LogP contribution is 2.39. The number of alkyl halides is 2. The highest BCUT2D eigenvalue weighted by atomic mass is 19.3. The van der Waals surface area contributed by atoms with Crippen molar-refractivity contribution in [1.82, 2.24) is 35.5 Å². The number of anilines is 5. The van der Waals surface area contributed by atoms with Gasteiger partial charge in [-0.15, -0.1) is 0 Å². The number of aromatic nitrogens is 2. The van der Waals surface area contributed by atoms with Crippen molar-refractivity contribution in [3.8, 4) is 5.75 Å². The summed E-state index contributed by atoms with van der Waals surface area (Å²) in [4.78, 5) is 93.4. The number of hydrogen-bond donors (Lipinski definition) is 3. The second-order valence-corrected chi connectivity index (χ2v) is 17.2. The third kappa shape index (κ3) is 8.87. The molecule has 0 bridgehead atoms. The van der Waals surface area contributed by atoms with Gasteiger partial charge in [0.25, 0.3) is 17.7 Å². The van der Waals surface area contributed by atoms with Gasteiger partial charge >= 0.3 is 5.92 Å². The maximum atomic E-state index is 14.8. The molecule has 1 unspecified atom stereocenters. The number of carbonyl (C=O) groups is 6. The predicted molar refractivity (Wildman–Crippen MR) is 231 cm³/mol. The molecule has 3 fully saturated rings. The van der Waals surface area contributed by atoms with Gasteiger partial charge in [-0.3, -0.25) is 39.5 Å². The van der Waals surface area contributed by atoms with Gasteiger partial charge in [0.05, 0.1) is 25.5 Å². The minimum atomic E-state index is -3.62. The number of methoxy groups -OCH3 is 1. The molecule has 20 heteroatoms. The molecule has 0 aliphatic carbocycles. The smallest absolute Gasteiger partial charge is 0.342 e. The molecule has 3 aromatic rings. The van der Waals surface area contributed by atoms with Crippen LogP contribution in [0, 0.1) is 5.92 Å². The van der Waals surface area contributed by atoms with E-state index in [1.807, 2.05) is 17.0 Å². The van der Waals surface area contributed by atoms with Crippen molar-refractivity contribution < 1.29 is 42.3 Å². The van der Waals surface area contributed by atoms with E-state index in [1.54, 1.807) is 48.0 Å². The molecular weight excluding hydrogens is 833 g/mol. The molecule has 0 saturated carbocycles. The lowest BCUT2D eigenvalue weighted by molar-refractivity contribution is -0.140. The molecule has 0 radical (unpaired) electrons. The van der Waals surface area contributed by atoms with Crippen LogP contribution >= 0.6 is 0 Å². The number of imide groups is 1. The molecule has 6 amide bonds. The standard InChI is InChI=1S/C44H53F2N11O7/c1-26(2)57-25-44(45,46)42(63)52(3)34-23-47-43(50-38(34)57)48-31-10-9-28(22-35(31)64-4)39(60)51-55-20-18-54(19-21-55)37(59)13-8-27-14-16-53(17-15-27)32-7-5-6-29-30(32)24-56(41(29)62)33-11-12-36(58)49-40(33)61/h5-7,9-10,22-23,26-27,33H,8,11-21,24-25H2,1-4H3,(H,51,60)(H,47,48,50)(H,49,58,61). The van der Waals surface area contributed by atoms with Crippen LogP contribution in [0.15, 0.2) is 42.6 Å². The molecule has 8 rings (SSSR count). The Bertz CT molecular complexity index is 2350. The lowest BCUT2D eigenvalue weighted by atomic mass is 9.91. The number of fused-ring (bicyclic) bond motifs is 2. The van der Waals surface area contributed by atoms with E-state index < -0.39 is 36.4 Å². The van der Waals surface area contributed by atoms with Crippen molar-refractivity contribution in [3.05, 3.63) is 59.3 Å². The summed E-state index contributed by atoms with van der Waals surface area (Å²) in [5, 5.41) is 7.19. The van der Waals surface area contributed by atoms with E-state index in [1.165, 1.54) is 25.3 Å². The molecule has 1 aromatic heterocycles. The Balaban J connectivity index is 0.794. The highest BCUT2D eigenvalue weighted by Gasteiger charge is 2.48. The molecule has 0 spiro atoms. The second-order valence-electron chi connectivity index (χ2n) is 17.2. The van der Waals surface area contributed by atoms with Crippen LogP contribution < -0.4 is 35.5 Å². The van der Waals surface area contributed by atoms with Crippen molar-refractivity contribution in [2.75, 3.05) is 80.0 Å². The minimum Gasteiger partial charge on any atom is -0.495 e. The average molecular weight is 886 g/mol. The second kappa shape index (κ2) is 18.0. The number of ether oxygens (including phenoxy) is 1. The topological polar surface area (TPSA) is 193 Å². The molecule has 3 saturated heterocycles. The first-order chi connectivity index (χ1) is 30.6. The normalized spacial score (nSPS) is 20.5. The summed E-state index contributed by atoms with van der Waals surface area (Å²) in [5.41, 5.74) is 6.33. The van der Waals surface area contributed by atoms with Crippen LogP contribution in [0.3, 0.4) is 0 Å². The number of nitrogens with zero attached hydrogens (tertiary/aromatic N) is 8. The van der Waals surface area contributed by atoms with Crippen LogP contribution in [0.1, 0.15) is 78.7 Å². The van der Waals surface area contributed by atoms with E-state index in [-0.39, 0.29) is 47.5 Å². The van der Waals surface area contributed by atoms with Crippen molar-refractivity contribution in [1.29, 1.82) is 0 Å². The van der Waals surface area contributed by atoms with Crippen LogP contribution in [0.2, 0.25) is 0 Å². The summed E-state index contributed by atoms with van der Waals surface area (Å²) >= 11 is 0. The average Bonchev–Trinajstić information content (AvgIpc) is 3.59. The quantitative estimate of drug-likeness (QED) is 0.238. The first kappa shape index (κ1) is 44.2. The predicted octanol–water partition coefficient (Wildman–Crippen LogP) is 3.30. The summed E-state index contributed by atoms with van der Waals surface area (Å²) in [5.74, 6) is -5.22. The molecule has 18 nitrogen and oxygen atoms in total. The maximum Gasteiger partial charge on any atom is 0.342 e. The Hall–Kier alpha value is -6.44. The SMILES string of the molecule is COc1cc(C(=O)NN2CCN(C(=O)CCC3CCN(c4cccc5c4CN(C4CCC(=O)NC4=O)C5=O)CC3)CC2)ccc1Nc1ncc2c(n1)N(C(C)C)CC(F)(F)C(=O)N2C. The van der Waals surface area contributed by atoms with E-state index >= 15 is 0 Å². The van der Waals surface area contributed by atoms with Gasteiger partial charge in [0, 0.05) is 94.1 Å². The van der Waals surface area contributed by atoms with Crippen LogP contribution in [-0.2, 0) is 25.7 Å². The van der Waals surface area contributed by atoms with Crippen LogP contribution in [0.5, 0.6) is 5.75 Å². The molecule has 5 aliphatic heterocycles. The number of rotatable bonds is 11. The number of piperazine rings is 1. The highest BCUT2D eigenvalue weighted by molar-refractivity contribution is 6.06. The van der Waals surface area contributed by atoms with Gasteiger partial charge in [-0.05, 0) is 75.8 Å². The molecule has 1 atom stereocenters. The molecule has 3 N–H and O–H groups in total. The summed E-state index contributed by atoms with van der Waals surface area (Å²) in [7, 11) is 2.71. The summed E-state index contributed by atoms with van der Waals surface area (Å²) in [6.45, 7) is 6.38. The van der Waals surface area contributed by atoms with Gasteiger partial charge in [-0.25, -0.2) is 9.99 Å². The third-order valence-electron chi connectivity index (χ3n) is 12.9. The Labute approximate surface area is 369 Å². The monoisotopic (exact) mass is 885 g/mol. The van der Waals surface area contributed by atoms with Gasteiger partial charge in [-0.1, -0.05) is 6.07 Å². The van der Waals surface area contributed by atoms with E-state index in [4.69, 9.17) is 4.74 Å². The van der Waals surface area contributed by atoms with Crippen LogP contribution in [0.4, 0.5) is 37.6 Å². The summed E-state index contributed by atoms with van der Waals surface area (Å²) in [6, 6.07) is 9.43. The lowest BCUT2D eigenvalue weighted by Gasteiger charge is -2.36. The van der Waals surface area contributed by atoms with E-state index in [0.29, 0.717) is 74.0 Å². The zero-order valence-corrected chi connectivity index (χ0v) is 36.4. The van der Waals surface area contributed by atoms with Crippen molar-refractivity contribution >= 4 is 64.3 Å². The molecular formula is C44H53F2N11O7. The van der Waals surface area contributed by atoms with Crippen LogP contribution in [-0.4, -0.2) is 138 Å². The first-order valence-corrected chi connectivity index (χ1v) is 21.7. The number of carbonyl (C=O) groups excluding carboxylic acids is 6.